The average Bonchev–Trinajstić information content (AvgIpc) is 2.55. The molecule has 0 aromatic carbocycles. The first kappa shape index (κ1) is 23.9. The number of allylic oxidation sites excluding steroid dienone is 2. The number of hydrogen-bond acceptors (Lipinski definition) is 5. The van der Waals surface area contributed by atoms with Crippen LogP contribution in [0.15, 0.2) is 41.1 Å². The lowest BCUT2D eigenvalue weighted by atomic mass is 9.93. The Morgan fingerprint density at radius 1 is 1.17 bits per heavy atom. The maximum Gasteiger partial charge on any atom is 0.338 e. The Kier molecular flexibility index (Phi) is 7.24. The normalized spacial score (nSPS) is 23.1. The number of hydrogen-bond donors (Lipinski definition) is 0. The molecule has 1 aliphatic carbocycles. The highest BCUT2D eigenvalue weighted by Gasteiger charge is 2.42. The van der Waals surface area contributed by atoms with Crippen LogP contribution in [0.3, 0.4) is 0 Å². The van der Waals surface area contributed by atoms with Gasteiger partial charge in [0.05, 0.1) is 6.04 Å². The summed E-state index contributed by atoms with van der Waals surface area (Å²) in [5.74, 6) is 0.393. The van der Waals surface area contributed by atoms with Gasteiger partial charge in [0.15, 0.2) is 14.4 Å². The maximum absolute atomic E-state index is 12.8. The summed E-state index contributed by atoms with van der Waals surface area (Å²) in [6, 6.07) is -0.00927. The van der Waals surface area contributed by atoms with Crippen LogP contribution < -0.4 is 0 Å². The molecule has 1 heterocycles. The summed E-state index contributed by atoms with van der Waals surface area (Å²) in [5.41, 5.74) is -0.590. The van der Waals surface area contributed by atoms with E-state index in [1.807, 2.05) is 45.1 Å². The van der Waals surface area contributed by atoms with E-state index in [4.69, 9.17) is 25.5 Å². The first-order chi connectivity index (χ1) is 13.2. The first-order valence-corrected chi connectivity index (χ1v) is 13.3. The minimum atomic E-state index is -2.19. The molecule has 0 aromatic heterocycles. The lowest BCUT2D eigenvalue weighted by Crippen LogP contribution is -2.48. The fourth-order valence-corrected chi connectivity index (χ4v) is 4.07. The number of fused-ring (bicyclic) bond motifs is 1. The highest BCUT2D eigenvalue weighted by Crippen LogP contribution is 2.37. The zero-order chi connectivity index (χ0) is 22.0. The molecule has 2 unspecified atom stereocenters. The van der Waals surface area contributed by atoms with Gasteiger partial charge in [0.2, 0.25) is 0 Å². The lowest BCUT2D eigenvalue weighted by molar-refractivity contribution is -0.166. The third-order valence-electron chi connectivity index (χ3n) is 5.25. The molecule has 0 radical (unpaired) electrons. The Hall–Kier alpha value is -1.37. The highest BCUT2D eigenvalue weighted by atomic mass is 35.5. The summed E-state index contributed by atoms with van der Waals surface area (Å²) in [5, 5.41) is 0.468. The molecule has 1 aliphatic heterocycles. The second-order valence-corrected chi connectivity index (χ2v) is 15.2. The second-order valence-electron chi connectivity index (χ2n) is 10.0. The molecule has 162 valence electrons. The van der Waals surface area contributed by atoms with Crippen LogP contribution in [0.5, 0.6) is 0 Å². The minimum absolute atomic E-state index is 0.00927. The first-order valence-electron chi connectivity index (χ1n) is 10.0. The molecule has 2 aliphatic rings. The Bertz CT molecular complexity index is 741. The third kappa shape index (κ3) is 6.83. The van der Waals surface area contributed by atoms with E-state index in [1.54, 1.807) is 6.08 Å². The molecule has 0 saturated heterocycles. The van der Waals surface area contributed by atoms with Crippen molar-refractivity contribution in [2.75, 3.05) is 6.61 Å². The van der Waals surface area contributed by atoms with Crippen LogP contribution in [-0.4, -0.2) is 43.8 Å². The monoisotopic (exact) mass is 439 g/mol. The molecule has 0 N–H and O–H groups in total. The van der Waals surface area contributed by atoms with Gasteiger partial charge in [-0.3, -0.25) is 4.99 Å². The van der Waals surface area contributed by atoms with Crippen LogP contribution in [0, 0.1) is 5.92 Å². The van der Waals surface area contributed by atoms with Crippen molar-refractivity contribution in [3.63, 3.8) is 0 Å². The zero-order valence-electron chi connectivity index (χ0n) is 18.8. The van der Waals surface area contributed by atoms with Crippen molar-refractivity contribution in [2.45, 2.75) is 77.4 Å². The fraction of sp³-hybridized carbons (Fsp3) is 0.636. The van der Waals surface area contributed by atoms with Crippen molar-refractivity contribution in [2.24, 2.45) is 10.9 Å². The molecule has 2 rings (SSSR count). The minimum Gasteiger partial charge on any atom is -0.491 e. The van der Waals surface area contributed by atoms with Crippen LogP contribution in [0.25, 0.3) is 0 Å². The molecular formula is C22H34ClNO4Si. The molecule has 0 fully saturated rings. The molecule has 3 atom stereocenters. The topological polar surface area (TPSA) is 57.1 Å². The molecule has 0 aromatic rings. The summed E-state index contributed by atoms with van der Waals surface area (Å²) in [6.45, 7) is 16.3. The van der Waals surface area contributed by atoms with Gasteiger partial charge in [-0.05, 0) is 57.1 Å². The largest absolute Gasteiger partial charge is 0.491 e. The fourth-order valence-electron chi connectivity index (χ4n) is 2.66. The van der Waals surface area contributed by atoms with Gasteiger partial charge >= 0.3 is 5.97 Å². The van der Waals surface area contributed by atoms with Crippen LogP contribution in [0.4, 0.5) is 0 Å². The third-order valence-corrected chi connectivity index (χ3v) is 9.96. The van der Waals surface area contributed by atoms with E-state index in [0.717, 1.165) is 0 Å². The van der Waals surface area contributed by atoms with Gasteiger partial charge in [-0.1, -0.05) is 44.5 Å². The summed E-state index contributed by atoms with van der Waals surface area (Å²) < 4.78 is 17.9. The molecule has 7 heteroatoms. The van der Waals surface area contributed by atoms with Gasteiger partial charge in [-0.25, -0.2) is 4.79 Å². The summed E-state index contributed by atoms with van der Waals surface area (Å²) in [7, 11) is -2.19. The summed E-state index contributed by atoms with van der Waals surface area (Å²) in [6.07, 6.45) is 8.84. The Balaban J connectivity index is 2.11. The number of halogens is 1. The van der Waals surface area contributed by atoms with E-state index in [1.165, 1.54) is 0 Å². The van der Waals surface area contributed by atoms with E-state index in [2.05, 4.69) is 38.9 Å². The predicted octanol–water partition coefficient (Wildman–Crippen LogP) is 5.38. The van der Waals surface area contributed by atoms with Gasteiger partial charge in [0.25, 0.3) is 0 Å². The number of esters is 1. The van der Waals surface area contributed by atoms with E-state index in [-0.39, 0.29) is 23.6 Å². The highest BCUT2D eigenvalue weighted by molar-refractivity contribution is 6.74. The zero-order valence-corrected chi connectivity index (χ0v) is 20.5. The van der Waals surface area contributed by atoms with Crippen molar-refractivity contribution < 1.29 is 18.7 Å². The number of aliphatic imine (C=N–C) groups is 1. The Morgan fingerprint density at radius 3 is 2.41 bits per heavy atom. The number of carbonyl (C=O) groups excluding carboxylic acids is 1. The number of carbonyl (C=O) groups is 1. The van der Waals surface area contributed by atoms with E-state index in [9.17, 15) is 4.79 Å². The Morgan fingerprint density at radius 2 is 1.83 bits per heavy atom. The van der Waals surface area contributed by atoms with Gasteiger partial charge < -0.3 is 13.9 Å². The molecule has 0 saturated carbocycles. The van der Waals surface area contributed by atoms with Gasteiger partial charge in [-0.15, -0.1) is 0 Å². The standard InChI is InChI=1S/C22H34ClNO4Si/c1-21(2,3)27-20(25)18(28-29(7,8)22(4,5)6)14-26-16-10-11-17-15(13-16)9-12-19(23)24-17/h9-13,15,17-18H,14H2,1-8H3/t15?,17?,18-/m1/s1. The van der Waals surface area contributed by atoms with Crippen LogP contribution >= 0.6 is 11.6 Å². The SMILES string of the molecule is CC(C)(C)OC(=O)[C@@H](COC1=CC2C=CC(Cl)=NC2C=C1)O[Si](C)(C)C(C)(C)C. The van der Waals surface area contributed by atoms with Gasteiger partial charge in [0, 0.05) is 5.92 Å². The van der Waals surface area contributed by atoms with Crippen LogP contribution in [0.1, 0.15) is 41.5 Å². The lowest BCUT2D eigenvalue weighted by Gasteiger charge is -2.39. The van der Waals surface area contributed by atoms with E-state index in [0.29, 0.717) is 10.9 Å². The predicted molar refractivity (Wildman–Crippen MR) is 121 cm³/mol. The van der Waals surface area contributed by atoms with E-state index >= 15 is 0 Å². The van der Waals surface area contributed by atoms with Crippen molar-refractivity contribution in [1.82, 2.24) is 0 Å². The molecule has 0 spiro atoms. The average molecular weight is 440 g/mol. The molecule has 0 amide bonds. The number of dihydropyridines is 1. The molecule has 5 nitrogen and oxygen atoms in total. The van der Waals surface area contributed by atoms with Gasteiger partial charge in [0.1, 0.15) is 23.1 Å². The van der Waals surface area contributed by atoms with Gasteiger partial charge in [-0.2, -0.15) is 0 Å². The summed E-state index contributed by atoms with van der Waals surface area (Å²) in [4.78, 5) is 17.2. The Labute approximate surface area is 181 Å². The van der Waals surface area contributed by atoms with Crippen LogP contribution in [-0.2, 0) is 18.7 Å². The van der Waals surface area contributed by atoms with E-state index < -0.39 is 26.0 Å². The van der Waals surface area contributed by atoms with Crippen molar-refractivity contribution in [3.05, 3.63) is 36.1 Å². The molecule has 29 heavy (non-hydrogen) atoms. The smallest absolute Gasteiger partial charge is 0.338 e. The number of ether oxygens (including phenoxy) is 2. The quantitative estimate of drug-likeness (QED) is 0.411. The number of nitrogens with zero attached hydrogens (tertiary/aromatic N) is 1. The maximum atomic E-state index is 12.8. The van der Waals surface area contributed by atoms with Crippen molar-refractivity contribution in [1.29, 1.82) is 0 Å². The summed E-state index contributed by atoms with van der Waals surface area (Å²) >= 11 is 5.97. The second kappa shape index (κ2) is 8.78. The van der Waals surface area contributed by atoms with Crippen molar-refractivity contribution in [3.8, 4) is 0 Å². The molecule has 0 bridgehead atoms. The van der Waals surface area contributed by atoms with Crippen LogP contribution in [0.2, 0.25) is 18.1 Å². The molecular weight excluding hydrogens is 406 g/mol. The number of rotatable bonds is 6. The van der Waals surface area contributed by atoms with Crippen molar-refractivity contribution >= 4 is 31.1 Å².